The summed E-state index contributed by atoms with van der Waals surface area (Å²) in [4.78, 5) is 24.7. The molecule has 0 radical (unpaired) electrons. The molecule has 114 valence electrons. The molecule has 0 spiro atoms. The number of nitrogens with one attached hydrogen (secondary N) is 2. The molecule has 0 saturated carbocycles. The summed E-state index contributed by atoms with van der Waals surface area (Å²) in [6, 6.07) is 16.5. The van der Waals surface area contributed by atoms with Gasteiger partial charge >= 0.3 is 0 Å². The molecule has 23 heavy (non-hydrogen) atoms. The average molecular weight is 305 g/mol. The van der Waals surface area contributed by atoms with E-state index in [1.807, 2.05) is 48.5 Å². The second-order valence-electron chi connectivity index (χ2n) is 4.76. The molecule has 3 aromatic rings. The lowest BCUT2D eigenvalue weighted by atomic mass is 10.3. The van der Waals surface area contributed by atoms with Crippen LogP contribution in [-0.4, -0.2) is 20.9 Å². The van der Waals surface area contributed by atoms with Gasteiger partial charge in [0.05, 0.1) is 12.2 Å². The molecule has 0 aliphatic carbocycles. The summed E-state index contributed by atoms with van der Waals surface area (Å²) in [5.74, 6) is 0.107. The first kappa shape index (κ1) is 14.6. The predicted molar refractivity (Wildman–Crippen MR) is 88.0 cm³/mol. The van der Waals surface area contributed by atoms with E-state index in [0.717, 1.165) is 11.4 Å². The molecule has 6 nitrogen and oxygen atoms in total. The predicted octanol–water partition coefficient (Wildman–Crippen LogP) is 2.74. The fourth-order valence-electron chi connectivity index (χ4n) is 1.96. The van der Waals surface area contributed by atoms with Crippen molar-refractivity contribution < 1.29 is 4.79 Å². The van der Waals surface area contributed by atoms with Crippen LogP contribution < -0.4 is 10.6 Å². The lowest BCUT2D eigenvalue weighted by molar-refractivity contribution is 0.102. The van der Waals surface area contributed by atoms with Crippen LogP contribution in [-0.2, 0) is 6.54 Å². The summed E-state index contributed by atoms with van der Waals surface area (Å²) in [7, 11) is 0. The number of pyridine rings is 1. The zero-order valence-corrected chi connectivity index (χ0v) is 12.3. The number of para-hydroxylation sites is 1. The number of carbonyl (C=O) groups is 1. The molecule has 1 amide bonds. The Morgan fingerprint density at radius 3 is 2.52 bits per heavy atom. The average Bonchev–Trinajstić information content (AvgIpc) is 2.62. The molecular formula is C17H15N5O. The van der Waals surface area contributed by atoms with E-state index in [9.17, 15) is 4.79 Å². The number of nitrogens with zero attached hydrogens (tertiary/aromatic N) is 3. The van der Waals surface area contributed by atoms with E-state index < -0.39 is 0 Å². The van der Waals surface area contributed by atoms with Crippen LogP contribution in [0.4, 0.5) is 11.6 Å². The fraction of sp³-hybridized carbons (Fsp3) is 0.0588. The van der Waals surface area contributed by atoms with Crippen LogP contribution in [0.5, 0.6) is 0 Å². The second kappa shape index (κ2) is 7.13. The Hall–Kier alpha value is -3.28. The van der Waals surface area contributed by atoms with Crippen LogP contribution in [0.3, 0.4) is 0 Å². The molecule has 3 rings (SSSR count). The van der Waals surface area contributed by atoms with Crippen molar-refractivity contribution in [2.24, 2.45) is 0 Å². The lowest BCUT2D eigenvalue weighted by Crippen LogP contribution is -2.15. The molecule has 0 fully saturated rings. The van der Waals surface area contributed by atoms with Gasteiger partial charge in [-0.3, -0.25) is 9.78 Å². The number of hydrogen-bond acceptors (Lipinski definition) is 5. The van der Waals surface area contributed by atoms with Crippen LogP contribution in [0.15, 0.2) is 67.0 Å². The van der Waals surface area contributed by atoms with Gasteiger partial charge in [0.25, 0.3) is 5.91 Å². The summed E-state index contributed by atoms with van der Waals surface area (Å²) < 4.78 is 0. The van der Waals surface area contributed by atoms with Gasteiger partial charge in [0.2, 0.25) is 5.95 Å². The number of rotatable bonds is 5. The van der Waals surface area contributed by atoms with Gasteiger partial charge in [-0.05, 0) is 30.3 Å². The van der Waals surface area contributed by atoms with Crippen molar-refractivity contribution in [1.82, 2.24) is 15.0 Å². The first-order chi connectivity index (χ1) is 11.3. The van der Waals surface area contributed by atoms with Crippen molar-refractivity contribution in [1.29, 1.82) is 0 Å². The Morgan fingerprint density at radius 1 is 0.913 bits per heavy atom. The molecule has 0 aliphatic rings. The third kappa shape index (κ3) is 4.10. The van der Waals surface area contributed by atoms with Crippen molar-refractivity contribution in [2.45, 2.75) is 6.54 Å². The van der Waals surface area contributed by atoms with Crippen molar-refractivity contribution in [2.75, 3.05) is 10.6 Å². The molecular weight excluding hydrogens is 290 g/mol. The van der Waals surface area contributed by atoms with E-state index in [4.69, 9.17) is 0 Å². The summed E-state index contributed by atoms with van der Waals surface area (Å²) in [5.41, 5.74) is 1.89. The monoisotopic (exact) mass is 305 g/mol. The highest BCUT2D eigenvalue weighted by molar-refractivity contribution is 6.02. The standard InChI is InChI=1S/C17H15N5O/c23-16(21-13-6-2-1-3-7-13)15-9-11-19-17(22-15)20-12-14-8-4-5-10-18-14/h1-11H,12H2,(H,21,23)(H,19,20,22). The van der Waals surface area contributed by atoms with E-state index in [2.05, 4.69) is 25.6 Å². The Bertz CT molecular complexity index is 777. The topological polar surface area (TPSA) is 79.8 Å². The van der Waals surface area contributed by atoms with E-state index in [1.54, 1.807) is 18.5 Å². The third-order valence-electron chi connectivity index (χ3n) is 3.07. The van der Waals surface area contributed by atoms with E-state index >= 15 is 0 Å². The van der Waals surface area contributed by atoms with E-state index in [1.165, 1.54) is 0 Å². The van der Waals surface area contributed by atoms with Crippen LogP contribution in [0.1, 0.15) is 16.2 Å². The number of anilines is 2. The van der Waals surface area contributed by atoms with Crippen molar-refractivity contribution >= 4 is 17.5 Å². The highest BCUT2D eigenvalue weighted by atomic mass is 16.1. The zero-order chi connectivity index (χ0) is 15.9. The van der Waals surface area contributed by atoms with Crippen LogP contribution in [0, 0.1) is 0 Å². The minimum atomic E-state index is -0.278. The summed E-state index contributed by atoms with van der Waals surface area (Å²) in [6.45, 7) is 0.491. The van der Waals surface area contributed by atoms with Gasteiger partial charge in [0.1, 0.15) is 5.69 Å². The SMILES string of the molecule is O=C(Nc1ccccc1)c1ccnc(NCc2ccccn2)n1. The van der Waals surface area contributed by atoms with Gasteiger partial charge in [-0.2, -0.15) is 0 Å². The van der Waals surface area contributed by atoms with Gasteiger partial charge in [-0.25, -0.2) is 9.97 Å². The lowest BCUT2D eigenvalue weighted by Gasteiger charge is -2.07. The third-order valence-corrected chi connectivity index (χ3v) is 3.07. The fourth-order valence-corrected chi connectivity index (χ4v) is 1.96. The molecule has 6 heteroatoms. The number of aromatic nitrogens is 3. The molecule has 0 aliphatic heterocycles. The Balaban J connectivity index is 1.66. The number of amides is 1. The summed E-state index contributed by atoms with van der Waals surface area (Å²) in [6.07, 6.45) is 3.27. The minimum absolute atomic E-state index is 0.278. The highest BCUT2D eigenvalue weighted by Crippen LogP contribution is 2.08. The van der Waals surface area contributed by atoms with E-state index in [0.29, 0.717) is 18.2 Å². The summed E-state index contributed by atoms with van der Waals surface area (Å²) >= 11 is 0. The molecule has 2 N–H and O–H groups in total. The van der Waals surface area contributed by atoms with Crippen molar-refractivity contribution in [3.63, 3.8) is 0 Å². The maximum absolute atomic E-state index is 12.2. The Morgan fingerprint density at radius 2 is 1.74 bits per heavy atom. The molecule has 0 atom stereocenters. The van der Waals surface area contributed by atoms with Gasteiger partial charge in [-0.1, -0.05) is 24.3 Å². The van der Waals surface area contributed by atoms with E-state index in [-0.39, 0.29) is 5.91 Å². The molecule has 0 saturated heterocycles. The quantitative estimate of drug-likeness (QED) is 0.757. The smallest absolute Gasteiger partial charge is 0.274 e. The minimum Gasteiger partial charge on any atom is -0.349 e. The second-order valence-corrected chi connectivity index (χ2v) is 4.76. The van der Waals surface area contributed by atoms with Gasteiger partial charge in [0, 0.05) is 18.1 Å². The first-order valence-electron chi connectivity index (χ1n) is 7.14. The highest BCUT2D eigenvalue weighted by Gasteiger charge is 2.09. The first-order valence-corrected chi connectivity index (χ1v) is 7.14. The summed E-state index contributed by atoms with van der Waals surface area (Å²) in [5, 5.41) is 5.85. The zero-order valence-electron chi connectivity index (χ0n) is 12.3. The number of carbonyl (C=O) groups excluding carboxylic acids is 1. The largest absolute Gasteiger partial charge is 0.349 e. The molecule has 1 aromatic carbocycles. The van der Waals surface area contributed by atoms with Crippen molar-refractivity contribution in [3.05, 3.63) is 78.4 Å². The van der Waals surface area contributed by atoms with Gasteiger partial charge in [-0.15, -0.1) is 0 Å². The van der Waals surface area contributed by atoms with Gasteiger partial charge < -0.3 is 10.6 Å². The Kier molecular flexibility index (Phi) is 4.54. The maximum Gasteiger partial charge on any atom is 0.274 e. The van der Waals surface area contributed by atoms with Crippen LogP contribution >= 0.6 is 0 Å². The molecule has 2 heterocycles. The number of benzene rings is 1. The van der Waals surface area contributed by atoms with Crippen LogP contribution in [0.2, 0.25) is 0 Å². The van der Waals surface area contributed by atoms with Crippen molar-refractivity contribution in [3.8, 4) is 0 Å². The maximum atomic E-state index is 12.2. The molecule has 0 bridgehead atoms. The molecule has 0 unspecified atom stereocenters. The number of hydrogen-bond donors (Lipinski definition) is 2. The molecule has 2 aromatic heterocycles. The van der Waals surface area contributed by atoms with Gasteiger partial charge in [0.15, 0.2) is 0 Å². The van der Waals surface area contributed by atoms with Crippen LogP contribution in [0.25, 0.3) is 0 Å². The Labute approximate surface area is 133 Å². The normalized spacial score (nSPS) is 10.1.